The maximum absolute atomic E-state index is 11.8. The summed E-state index contributed by atoms with van der Waals surface area (Å²) >= 11 is 0. The monoisotopic (exact) mass is 251 g/mol. The number of carbonyl (C=O) groups is 1. The molecule has 0 spiro atoms. The lowest BCUT2D eigenvalue weighted by atomic mass is 10.0. The maximum atomic E-state index is 11.8. The summed E-state index contributed by atoms with van der Waals surface area (Å²) in [5, 5.41) is 2.85. The molecular weight excluding hydrogens is 230 g/mol. The first-order chi connectivity index (χ1) is 8.52. The van der Waals surface area contributed by atoms with E-state index in [1.54, 1.807) is 18.3 Å². The predicted molar refractivity (Wildman–Crippen MR) is 71.1 cm³/mol. The molecule has 0 bridgehead atoms. The number of rotatable bonds is 6. The fraction of sp³-hybridized carbons (Fsp3) is 0.538. The first-order valence-electron chi connectivity index (χ1n) is 6.17. The van der Waals surface area contributed by atoms with Crippen LogP contribution in [0.4, 0.5) is 0 Å². The molecule has 0 aromatic carbocycles. The van der Waals surface area contributed by atoms with Crippen molar-refractivity contribution in [1.29, 1.82) is 0 Å². The average Bonchev–Trinajstić information content (AvgIpc) is 2.30. The molecule has 100 valence electrons. The summed E-state index contributed by atoms with van der Waals surface area (Å²) in [5.74, 6) is 0.290. The second-order valence-electron chi connectivity index (χ2n) is 4.80. The van der Waals surface area contributed by atoms with Crippen molar-refractivity contribution in [2.45, 2.75) is 32.9 Å². The van der Waals surface area contributed by atoms with E-state index in [9.17, 15) is 9.59 Å². The van der Waals surface area contributed by atoms with Gasteiger partial charge in [-0.1, -0.05) is 19.9 Å². The van der Waals surface area contributed by atoms with Gasteiger partial charge < -0.3 is 15.6 Å². The molecule has 0 radical (unpaired) electrons. The highest BCUT2D eigenvalue weighted by Gasteiger charge is 2.12. The van der Waals surface area contributed by atoms with Crippen molar-refractivity contribution in [2.24, 2.45) is 11.7 Å². The van der Waals surface area contributed by atoms with Gasteiger partial charge in [-0.25, -0.2) is 0 Å². The highest BCUT2D eigenvalue weighted by atomic mass is 16.2. The number of carbonyl (C=O) groups excluding carboxylic acids is 1. The zero-order valence-electron chi connectivity index (χ0n) is 10.9. The van der Waals surface area contributed by atoms with Gasteiger partial charge in [0.15, 0.2) is 0 Å². The van der Waals surface area contributed by atoms with Crippen molar-refractivity contribution in [3.05, 3.63) is 34.7 Å². The van der Waals surface area contributed by atoms with Crippen molar-refractivity contribution in [3.63, 3.8) is 0 Å². The van der Waals surface area contributed by atoms with Crippen molar-refractivity contribution < 1.29 is 4.79 Å². The van der Waals surface area contributed by atoms with Gasteiger partial charge in [-0.2, -0.15) is 0 Å². The summed E-state index contributed by atoms with van der Waals surface area (Å²) in [6.07, 6.45) is 2.44. The van der Waals surface area contributed by atoms with Gasteiger partial charge in [0.1, 0.15) is 6.54 Å². The minimum atomic E-state index is -0.181. The molecule has 0 aliphatic carbocycles. The number of nitrogens with one attached hydrogen (secondary N) is 1. The molecule has 5 nitrogen and oxygen atoms in total. The van der Waals surface area contributed by atoms with Crippen LogP contribution in [0, 0.1) is 5.92 Å². The van der Waals surface area contributed by atoms with Crippen LogP contribution in [0.5, 0.6) is 0 Å². The summed E-state index contributed by atoms with van der Waals surface area (Å²) < 4.78 is 1.37. The third-order valence-electron chi connectivity index (χ3n) is 2.62. The highest BCUT2D eigenvalue weighted by Crippen LogP contribution is 2.03. The molecule has 1 amide bonds. The molecular formula is C13H21N3O2. The average molecular weight is 251 g/mol. The minimum Gasteiger partial charge on any atom is -0.351 e. The van der Waals surface area contributed by atoms with E-state index in [0.29, 0.717) is 12.5 Å². The fourth-order valence-corrected chi connectivity index (χ4v) is 1.80. The number of hydrogen-bond acceptors (Lipinski definition) is 3. The molecule has 1 aromatic heterocycles. The molecule has 1 unspecified atom stereocenters. The summed E-state index contributed by atoms with van der Waals surface area (Å²) in [7, 11) is 0. The van der Waals surface area contributed by atoms with Crippen LogP contribution >= 0.6 is 0 Å². The van der Waals surface area contributed by atoms with Crippen LogP contribution in [-0.4, -0.2) is 23.1 Å². The normalized spacial score (nSPS) is 12.4. The molecule has 1 atom stereocenters. The molecule has 1 aromatic rings. The number of hydrogen-bond donors (Lipinski definition) is 2. The molecule has 0 aliphatic heterocycles. The Morgan fingerprint density at radius 1 is 1.44 bits per heavy atom. The smallest absolute Gasteiger partial charge is 0.250 e. The van der Waals surface area contributed by atoms with E-state index >= 15 is 0 Å². The van der Waals surface area contributed by atoms with Gasteiger partial charge in [0.2, 0.25) is 5.91 Å². The Labute approximate surface area is 107 Å². The van der Waals surface area contributed by atoms with E-state index in [2.05, 4.69) is 19.2 Å². The van der Waals surface area contributed by atoms with Gasteiger partial charge in [0.25, 0.3) is 5.56 Å². The van der Waals surface area contributed by atoms with E-state index in [1.165, 1.54) is 10.6 Å². The van der Waals surface area contributed by atoms with Crippen molar-refractivity contribution >= 4 is 5.91 Å². The number of pyridine rings is 1. The first kappa shape index (κ1) is 14.4. The lowest BCUT2D eigenvalue weighted by Gasteiger charge is -2.19. The van der Waals surface area contributed by atoms with Crippen molar-refractivity contribution in [2.75, 3.05) is 6.54 Å². The summed E-state index contributed by atoms with van der Waals surface area (Å²) in [6, 6.07) is 4.78. The van der Waals surface area contributed by atoms with Crippen LogP contribution in [0.15, 0.2) is 29.2 Å². The van der Waals surface area contributed by atoms with Gasteiger partial charge in [-0.3, -0.25) is 9.59 Å². The van der Waals surface area contributed by atoms with Crippen LogP contribution in [0.2, 0.25) is 0 Å². The number of aromatic nitrogens is 1. The summed E-state index contributed by atoms with van der Waals surface area (Å²) in [6.45, 7) is 4.61. The molecule has 0 saturated carbocycles. The Hall–Kier alpha value is -1.62. The quantitative estimate of drug-likeness (QED) is 0.765. The zero-order valence-corrected chi connectivity index (χ0v) is 10.9. The van der Waals surface area contributed by atoms with Gasteiger partial charge in [-0.15, -0.1) is 0 Å². The van der Waals surface area contributed by atoms with E-state index in [4.69, 9.17) is 5.73 Å². The molecule has 18 heavy (non-hydrogen) atoms. The van der Waals surface area contributed by atoms with Crippen molar-refractivity contribution in [3.8, 4) is 0 Å². The number of nitrogens with zero attached hydrogens (tertiary/aromatic N) is 1. The number of nitrogens with two attached hydrogens (primary N) is 1. The standard InChI is InChI=1S/C13H21N3O2/c1-10(2)7-11(8-14)15-12(17)9-16-6-4-3-5-13(16)18/h3-6,10-11H,7-9,14H2,1-2H3,(H,15,17). The molecule has 5 heteroatoms. The van der Waals surface area contributed by atoms with E-state index in [1.807, 2.05) is 0 Å². The van der Waals surface area contributed by atoms with Crippen LogP contribution < -0.4 is 16.6 Å². The Kier molecular flexibility index (Phi) is 5.58. The minimum absolute atomic E-state index is 0.0306. The lowest BCUT2D eigenvalue weighted by Crippen LogP contribution is -2.43. The molecule has 1 heterocycles. The first-order valence-corrected chi connectivity index (χ1v) is 6.17. The van der Waals surface area contributed by atoms with Crippen LogP contribution in [-0.2, 0) is 11.3 Å². The highest BCUT2D eigenvalue weighted by molar-refractivity contribution is 5.76. The molecule has 0 fully saturated rings. The Bertz CT molecular complexity index is 440. The van der Waals surface area contributed by atoms with E-state index < -0.39 is 0 Å². The van der Waals surface area contributed by atoms with E-state index in [-0.39, 0.29) is 24.1 Å². The maximum Gasteiger partial charge on any atom is 0.250 e. The topological polar surface area (TPSA) is 77.1 Å². The van der Waals surface area contributed by atoms with Crippen LogP contribution in [0.25, 0.3) is 0 Å². The second-order valence-corrected chi connectivity index (χ2v) is 4.80. The molecule has 0 aliphatic rings. The van der Waals surface area contributed by atoms with Crippen LogP contribution in [0.1, 0.15) is 20.3 Å². The van der Waals surface area contributed by atoms with Gasteiger partial charge in [-0.05, 0) is 18.4 Å². The van der Waals surface area contributed by atoms with Crippen molar-refractivity contribution in [1.82, 2.24) is 9.88 Å². The molecule has 1 rings (SSSR count). The second kappa shape index (κ2) is 6.96. The van der Waals surface area contributed by atoms with Gasteiger partial charge in [0.05, 0.1) is 0 Å². The molecule has 0 saturated heterocycles. The Morgan fingerprint density at radius 3 is 2.72 bits per heavy atom. The number of amides is 1. The molecule has 3 N–H and O–H groups in total. The Balaban J connectivity index is 2.56. The zero-order chi connectivity index (χ0) is 13.5. The summed E-state index contributed by atoms with van der Waals surface area (Å²) in [5.41, 5.74) is 5.43. The predicted octanol–water partition coefficient (Wildman–Crippen LogP) is 0.338. The van der Waals surface area contributed by atoms with Gasteiger partial charge in [0, 0.05) is 24.8 Å². The third kappa shape index (κ3) is 4.71. The Morgan fingerprint density at radius 2 is 2.17 bits per heavy atom. The van der Waals surface area contributed by atoms with Crippen LogP contribution in [0.3, 0.4) is 0 Å². The third-order valence-corrected chi connectivity index (χ3v) is 2.62. The SMILES string of the molecule is CC(C)CC(CN)NC(=O)Cn1ccccc1=O. The summed E-state index contributed by atoms with van der Waals surface area (Å²) in [4.78, 5) is 23.2. The van der Waals surface area contributed by atoms with E-state index in [0.717, 1.165) is 6.42 Å². The lowest BCUT2D eigenvalue weighted by molar-refractivity contribution is -0.122. The fourth-order valence-electron chi connectivity index (χ4n) is 1.80. The largest absolute Gasteiger partial charge is 0.351 e. The van der Waals surface area contributed by atoms with Gasteiger partial charge >= 0.3 is 0 Å².